The molecule has 5 nitrogen and oxygen atoms in total. The van der Waals surface area contributed by atoms with Gasteiger partial charge in [-0.1, -0.05) is 90.9 Å². The van der Waals surface area contributed by atoms with Crippen molar-refractivity contribution in [3.05, 3.63) is 35.4 Å². The van der Waals surface area contributed by atoms with E-state index in [-0.39, 0.29) is 6.10 Å². The van der Waals surface area contributed by atoms with Gasteiger partial charge in [-0.3, -0.25) is 0 Å². The monoisotopic (exact) mass is 697 g/mol. The van der Waals surface area contributed by atoms with E-state index in [2.05, 4.69) is 79.7 Å². The van der Waals surface area contributed by atoms with Gasteiger partial charge in [-0.05, 0) is 120 Å². The van der Waals surface area contributed by atoms with Crippen LogP contribution >= 0.6 is 12.2 Å². The van der Waals surface area contributed by atoms with E-state index in [9.17, 15) is 0 Å². The highest BCUT2D eigenvalue weighted by atomic mass is 32.1. The Labute approximate surface area is 305 Å². The Morgan fingerprint density at radius 3 is 1.40 bits per heavy atom. The molecule has 48 heavy (non-hydrogen) atoms. The minimum Gasteiger partial charge on any atom is -0.379 e. The van der Waals surface area contributed by atoms with Crippen LogP contribution < -0.4 is 0 Å². The lowest BCUT2D eigenvalue weighted by atomic mass is 10.00. The van der Waals surface area contributed by atoms with E-state index < -0.39 is 0 Å². The Morgan fingerprint density at radius 2 is 0.917 bits per heavy atom. The second kappa shape index (κ2) is 34.6. The molecule has 0 spiro atoms. The molecule has 0 saturated heterocycles. The topological polar surface area (TPSA) is 46.2 Å². The third kappa shape index (κ3) is 41.3. The normalized spacial score (nSPS) is 11.5. The molecule has 0 fully saturated rings. The van der Waals surface area contributed by atoms with Crippen molar-refractivity contribution in [3.8, 4) is 0 Å². The lowest BCUT2D eigenvalue weighted by molar-refractivity contribution is 0.0183. The van der Waals surface area contributed by atoms with E-state index in [0.29, 0.717) is 25.4 Å². The SMILES string of the molecule is CC(C)CCCCOC(C)C.CC(C)CCCOCCOC(C)C.CC(C)CCc1ccc(CC(=S)CCCOCCOC(C)C)cc1. The van der Waals surface area contributed by atoms with E-state index in [0.717, 1.165) is 74.9 Å². The fourth-order valence-corrected chi connectivity index (χ4v) is 4.73. The molecule has 1 rings (SSSR count). The summed E-state index contributed by atoms with van der Waals surface area (Å²) in [4.78, 5) is 1.12. The first kappa shape index (κ1) is 49.2. The molecule has 0 aliphatic heterocycles. The molecule has 0 atom stereocenters. The maximum absolute atomic E-state index is 5.56. The van der Waals surface area contributed by atoms with Crippen LogP contribution in [0.4, 0.5) is 0 Å². The van der Waals surface area contributed by atoms with Crippen molar-refractivity contribution >= 4 is 17.1 Å². The summed E-state index contributed by atoms with van der Waals surface area (Å²) in [6.07, 6.45) is 12.5. The molecule has 1 aromatic rings. The number of ether oxygens (including phenoxy) is 5. The molecule has 1 aromatic carbocycles. The molecule has 0 heterocycles. The zero-order valence-electron chi connectivity index (χ0n) is 33.7. The highest BCUT2D eigenvalue weighted by Crippen LogP contribution is 2.12. The molecule has 6 heteroatoms. The van der Waals surface area contributed by atoms with Crippen LogP contribution in [0.3, 0.4) is 0 Å². The van der Waals surface area contributed by atoms with Gasteiger partial charge in [0.05, 0.1) is 44.7 Å². The molecule has 0 aliphatic rings. The molecule has 0 saturated carbocycles. The van der Waals surface area contributed by atoms with Crippen LogP contribution in [-0.2, 0) is 36.5 Å². The van der Waals surface area contributed by atoms with Crippen LogP contribution in [0.1, 0.15) is 146 Å². The molecule has 0 unspecified atom stereocenters. The van der Waals surface area contributed by atoms with Crippen molar-refractivity contribution in [2.45, 2.75) is 166 Å². The predicted molar refractivity (Wildman–Crippen MR) is 213 cm³/mol. The first-order valence-corrected chi connectivity index (χ1v) is 19.7. The van der Waals surface area contributed by atoms with Gasteiger partial charge in [-0.25, -0.2) is 0 Å². The summed E-state index contributed by atoms with van der Waals surface area (Å²) in [6, 6.07) is 8.94. The predicted octanol–water partition coefficient (Wildman–Crippen LogP) is 11.5. The summed E-state index contributed by atoms with van der Waals surface area (Å²) in [5.41, 5.74) is 2.75. The minimum atomic E-state index is 0.276. The Kier molecular flexibility index (Phi) is 35.4. The van der Waals surface area contributed by atoms with Crippen molar-refractivity contribution < 1.29 is 23.7 Å². The quantitative estimate of drug-likeness (QED) is 0.0674. The Balaban J connectivity index is 0. The number of aryl methyl sites for hydroxylation is 1. The average molecular weight is 697 g/mol. The van der Waals surface area contributed by atoms with Gasteiger partial charge >= 0.3 is 0 Å². The van der Waals surface area contributed by atoms with Crippen LogP contribution in [0.15, 0.2) is 24.3 Å². The molecule has 0 N–H and O–H groups in total. The van der Waals surface area contributed by atoms with Crippen molar-refractivity contribution in [2.24, 2.45) is 17.8 Å². The lowest BCUT2D eigenvalue weighted by Gasteiger charge is -2.09. The van der Waals surface area contributed by atoms with Gasteiger partial charge in [-0.15, -0.1) is 0 Å². The van der Waals surface area contributed by atoms with E-state index in [1.807, 2.05) is 27.7 Å². The summed E-state index contributed by atoms with van der Waals surface area (Å²) in [7, 11) is 0. The maximum atomic E-state index is 5.56. The number of thiocarbonyl (C=S) groups is 1. The Hall–Kier alpha value is -0.890. The third-order valence-electron chi connectivity index (χ3n) is 7.23. The largest absolute Gasteiger partial charge is 0.379 e. The standard InChI is InChI=1S/C21H34O2S.C11H24O2.C10H22O/c1-17(2)7-8-19-9-11-20(12-10-19)16-21(24)6-5-13-22-14-15-23-18(3)4;1-10(2)6-5-7-12-8-9-13-11(3)4;1-9(2)7-5-6-8-11-10(3)4/h9-12,17-18H,5-8,13-16H2,1-4H3;10-11H,5-9H2,1-4H3;9-10H,5-8H2,1-4H3. The highest BCUT2D eigenvalue weighted by Gasteiger charge is 2.03. The van der Waals surface area contributed by atoms with Gasteiger partial charge in [0, 0.05) is 26.2 Å². The Morgan fingerprint density at radius 1 is 0.479 bits per heavy atom. The van der Waals surface area contributed by atoms with Gasteiger partial charge in [0.1, 0.15) is 0 Å². The third-order valence-corrected chi connectivity index (χ3v) is 7.58. The molecule has 0 bridgehead atoms. The van der Waals surface area contributed by atoms with Crippen LogP contribution in [0, 0.1) is 17.8 Å². The molecule has 0 aromatic heterocycles. The second-order valence-electron chi connectivity index (χ2n) is 15.0. The molecule has 284 valence electrons. The lowest BCUT2D eigenvalue weighted by Crippen LogP contribution is -2.10. The molecule has 0 radical (unpaired) electrons. The fraction of sp³-hybridized carbons (Fsp3) is 0.833. The van der Waals surface area contributed by atoms with E-state index in [4.69, 9.17) is 35.9 Å². The van der Waals surface area contributed by atoms with Crippen molar-refractivity contribution in [2.75, 3.05) is 46.2 Å². The van der Waals surface area contributed by atoms with E-state index >= 15 is 0 Å². The smallest absolute Gasteiger partial charge is 0.0703 e. The zero-order valence-corrected chi connectivity index (χ0v) is 34.6. The summed E-state index contributed by atoms with van der Waals surface area (Å²) in [5.74, 6) is 2.39. The molecular formula is C42H80O5S. The van der Waals surface area contributed by atoms with Gasteiger partial charge in [0.2, 0.25) is 0 Å². The zero-order chi connectivity index (χ0) is 36.6. The minimum absolute atomic E-state index is 0.276. The molecule has 0 amide bonds. The Bertz CT molecular complexity index is 783. The van der Waals surface area contributed by atoms with E-state index in [1.54, 1.807) is 0 Å². The first-order chi connectivity index (χ1) is 22.7. The van der Waals surface area contributed by atoms with Crippen molar-refractivity contribution in [1.29, 1.82) is 0 Å². The summed E-state index contributed by atoms with van der Waals surface area (Å²) < 4.78 is 27.2. The van der Waals surface area contributed by atoms with Crippen LogP contribution in [0.5, 0.6) is 0 Å². The summed E-state index contributed by atoms with van der Waals surface area (Å²) in [6.45, 7) is 31.2. The second-order valence-corrected chi connectivity index (χ2v) is 15.6. The maximum Gasteiger partial charge on any atom is 0.0703 e. The number of hydrogen-bond donors (Lipinski definition) is 0. The number of rotatable bonds is 27. The average Bonchev–Trinajstić information content (AvgIpc) is 2.99. The number of benzene rings is 1. The highest BCUT2D eigenvalue weighted by molar-refractivity contribution is 7.80. The number of unbranched alkanes of at least 4 members (excludes halogenated alkanes) is 1. The number of hydrogen-bond acceptors (Lipinski definition) is 6. The summed E-state index contributed by atoms with van der Waals surface area (Å²) >= 11 is 5.51. The van der Waals surface area contributed by atoms with E-state index in [1.165, 1.54) is 56.1 Å². The van der Waals surface area contributed by atoms with Crippen LogP contribution in [0.25, 0.3) is 0 Å². The van der Waals surface area contributed by atoms with Crippen LogP contribution in [-0.4, -0.2) is 69.4 Å². The fourth-order valence-electron chi connectivity index (χ4n) is 4.42. The van der Waals surface area contributed by atoms with Crippen LogP contribution in [0.2, 0.25) is 0 Å². The van der Waals surface area contributed by atoms with Gasteiger partial charge < -0.3 is 23.7 Å². The van der Waals surface area contributed by atoms with Crippen molar-refractivity contribution in [1.82, 2.24) is 0 Å². The molecular weight excluding hydrogens is 617 g/mol. The summed E-state index contributed by atoms with van der Waals surface area (Å²) in [5, 5.41) is 0. The molecule has 0 aliphatic carbocycles. The van der Waals surface area contributed by atoms with Crippen molar-refractivity contribution in [3.63, 3.8) is 0 Å². The van der Waals surface area contributed by atoms with Gasteiger partial charge in [-0.2, -0.15) is 0 Å². The van der Waals surface area contributed by atoms with Gasteiger partial charge in [0.15, 0.2) is 0 Å². The first-order valence-electron chi connectivity index (χ1n) is 19.3. The van der Waals surface area contributed by atoms with Gasteiger partial charge in [0.25, 0.3) is 0 Å².